The van der Waals surface area contributed by atoms with Gasteiger partial charge in [0.1, 0.15) is 11.6 Å². The molecule has 0 radical (unpaired) electrons. The molecule has 2 aromatic rings. The highest BCUT2D eigenvalue weighted by Gasteiger charge is 2.23. The number of likely N-dealkylation sites (tertiary alicyclic amines) is 2. The number of nitrogens with one attached hydrogen (secondary N) is 1. The van der Waals surface area contributed by atoms with Crippen LogP contribution in [0.3, 0.4) is 0 Å². The molecular formula is C29H35F2N5O3. The first-order valence-electron chi connectivity index (χ1n) is 12.8. The fourth-order valence-electron chi connectivity index (χ4n) is 4.17. The van der Waals surface area contributed by atoms with Crippen LogP contribution < -0.4 is 11.1 Å². The number of carbonyl (C=O) groups is 3. The van der Waals surface area contributed by atoms with Crippen molar-refractivity contribution >= 4 is 29.4 Å². The van der Waals surface area contributed by atoms with E-state index in [2.05, 4.69) is 23.2 Å². The van der Waals surface area contributed by atoms with Gasteiger partial charge in [0.05, 0.1) is 12.2 Å². The van der Waals surface area contributed by atoms with Crippen LogP contribution in [0.2, 0.25) is 0 Å². The number of rotatable bonds is 4. The quantitative estimate of drug-likeness (QED) is 0.349. The van der Waals surface area contributed by atoms with Crippen molar-refractivity contribution in [3.05, 3.63) is 65.2 Å². The molecule has 2 aliphatic heterocycles. The zero-order valence-corrected chi connectivity index (χ0v) is 22.2. The van der Waals surface area contributed by atoms with Crippen LogP contribution in [0.5, 0.6) is 0 Å². The smallest absolute Gasteiger partial charge is 0.258 e. The lowest BCUT2D eigenvalue weighted by atomic mass is 10.2. The fourth-order valence-corrected chi connectivity index (χ4v) is 4.17. The molecule has 39 heavy (non-hydrogen) atoms. The molecule has 2 saturated heterocycles. The summed E-state index contributed by atoms with van der Waals surface area (Å²) in [6, 6.07) is 9.70. The van der Waals surface area contributed by atoms with Crippen LogP contribution in [0.1, 0.15) is 54.4 Å². The maximum Gasteiger partial charge on any atom is 0.258 e. The van der Waals surface area contributed by atoms with Crippen LogP contribution in [0.25, 0.3) is 0 Å². The number of guanidine groups is 1. The Kier molecular flexibility index (Phi) is 12.6. The van der Waals surface area contributed by atoms with E-state index in [9.17, 15) is 23.2 Å². The van der Waals surface area contributed by atoms with Gasteiger partial charge in [-0.3, -0.25) is 19.7 Å². The lowest BCUT2D eigenvalue weighted by Gasteiger charge is -2.23. The van der Waals surface area contributed by atoms with Gasteiger partial charge in [-0.25, -0.2) is 13.8 Å². The van der Waals surface area contributed by atoms with Gasteiger partial charge < -0.3 is 15.5 Å². The Hall–Kier alpha value is -4.26. The van der Waals surface area contributed by atoms with Crippen molar-refractivity contribution in [3.63, 3.8) is 0 Å². The number of halogens is 2. The summed E-state index contributed by atoms with van der Waals surface area (Å²) in [5, 5.41) is 2.27. The normalized spacial score (nSPS) is 15.3. The minimum Gasteiger partial charge on any atom is -0.369 e. The van der Waals surface area contributed by atoms with E-state index in [0.29, 0.717) is 24.7 Å². The summed E-state index contributed by atoms with van der Waals surface area (Å²) in [5.41, 5.74) is 6.99. The van der Waals surface area contributed by atoms with Crippen molar-refractivity contribution in [3.8, 4) is 12.8 Å². The third-order valence-corrected chi connectivity index (χ3v) is 6.07. The molecule has 0 saturated carbocycles. The molecule has 0 bridgehead atoms. The van der Waals surface area contributed by atoms with Crippen molar-refractivity contribution in [2.75, 3.05) is 26.2 Å². The Morgan fingerprint density at radius 1 is 0.974 bits per heavy atom. The average molecular weight is 540 g/mol. The largest absolute Gasteiger partial charge is 0.369 e. The van der Waals surface area contributed by atoms with Gasteiger partial charge in [-0.2, -0.15) is 0 Å². The topological polar surface area (TPSA) is 108 Å². The zero-order chi connectivity index (χ0) is 28.8. The van der Waals surface area contributed by atoms with Gasteiger partial charge in [0, 0.05) is 37.7 Å². The summed E-state index contributed by atoms with van der Waals surface area (Å²) in [6.07, 6.45) is 14.0. The van der Waals surface area contributed by atoms with E-state index >= 15 is 0 Å². The number of nitrogens with two attached hydrogens (primary N) is 1. The monoisotopic (exact) mass is 539 g/mol. The predicted octanol–water partition coefficient (Wildman–Crippen LogP) is 3.91. The number of benzene rings is 2. The number of hydrogen-bond acceptors (Lipinski definition) is 4. The third kappa shape index (κ3) is 10.6. The van der Waals surface area contributed by atoms with E-state index in [-0.39, 0.29) is 23.3 Å². The summed E-state index contributed by atoms with van der Waals surface area (Å²) in [6.45, 7) is 4.71. The minimum absolute atomic E-state index is 0.132. The summed E-state index contributed by atoms with van der Waals surface area (Å²) in [7, 11) is 0. The molecule has 3 amide bonds. The first-order chi connectivity index (χ1) is 18.7. The fraction of sp³-hybridized carbons (Fsp3) is 0.379. The molecule has 0 spiro atoms. The highest BCUT2D eigenvalue weighted by atomic mass is 19.1. The standard InChI is InChI=1S/C15H13F2N3O.C12H20N2O2.C2H2/c1-9-3-2-4-13(5-9)19-15(18)20-14(21)10-6-11(16)8-12(17)7-10;15-11-6-2-1-3-9-14(11)10-12(16)13-7-4-5-8-13;1-2/h2-8H,1H3,(H3,18,19,20,21);1-10H2;1-2H. The van der Waals surface area contributed by atoms with E-state index < -0.39 is 17.5 Å². The van der Waals surface area contributed by atoms with Crippen LogP contribution in [0, 0.1) is 31.4 Å². The molecule has 10 heteroatoms. The molecule has 2 aliphatic rings. The molecule has 0 atom stereocenters. The van der Waals surface area contributed by atoms with Gasteiger partial charge in [-0.15, -0.1) is 12.8 Å². The minimum atomic E-state index is -0.839. The maximum absolute atomic E-state index is 13.0. The molecule has 3 N–H and O–H groups in total. The number of hydrogen-bond donors (Lipinski definition) is 2. The van der Waals surface area contributed by atoms with Crippen molar-refractivity contribution in [1.82, 2.24) is 15.1 Å². The molecule has 0 aromatic heterocycles. The Morgan fingerprint density at radius 3 is 2.26 bits per heavy atom. The lowest BCUT2D eigenvalue weighted by Crippen LogP contribution is -2.41. The Labute approximate surface area is 228 Å². The summed E-state index contributed by atoms with van der Waals surface area (Å²) in [5.74, 6) is -2.28. The van der Waals surface area contributed by atoms with Gasteiger partial charge in [0.15, 0.2) is 0 Å². The van der Waals surface area contributed by atoms with Gasteiger partial charge in [-0.05, 0) is 62.4 Å². The number of amides is 3. The summed E-state index contributed by atoms with van der Waals surface area (Å²) >= 11 is 0. The zero-order valence-electron chi connectivity index (χ0n) is 22.2. The second kappa shape index (κ2) is 15.9. The Balaban J connectivity index is 0.000000265. The molecule has 2 fully saturated rings. The van der Waals surface area contributed by atoms with E-state index in [0.717, 1.165) is 69.4 Å². The number of terminal acetylenes is 1. The SMILES string of the molecule is C#C.Cc1cccc(N=C(N)NC(=O)c2cc(F)cc(F)c2)c1.O=C(CN1CCCCCC1=O)N1CCCC1. The molecule has 208 valence electrons. The number of aliphatic imine (C=N–C) groups is 1. The van der Waals surface area contributed by atoms with E-state index in [4.69, 9.17) is 5.73 Å². The highest BCUT2D eigenvalue weighted by molar-refractivity contribution is 6.05. The number of nitrogens with zero attached hydrogens (tertiary/aromatic N) is 3. The van der Waals surface area contributed by atoms with E-state index in [1.165, 1.54) is 0 Å². The van der Waals surface area contributed by atoms with Crippen molar-refractivity contribution in [1.29, 1.82) is 0 Å². The second-order valence-electron chi connectivity index (χ2n) is 9.16. The van der Waals surface area contributed by atoms with Crippen LogP contribution in [0.4, 0.5) is 14.5 Å². The lowest BCUT2D eigenvalue weighted by molar-refractivity contribution is -0.139. The molecular weight excluding hydrogens is 504 g/mol. The summed E-state index contributed by atoms with van der Waals surface area (Å²) in [4.78, 5) is 43.1. The highest BCUT2D eigenvalue weighted by Crippen LogP contribution is 2.14. The van der Waals surface area contributed by atoms with Gasteiger partial charge in [0.2, 0.25) is 17.8 Å². The van der Waals surface area contributed by atoms with Crippen LogP contribution in [-0.4, -0.2) is 59.7 Å². The van der Waals surface area contributed by atoms with Crippen molar-refractivity contribution < 1.29 is 23.2 Å². The predicted molar refractivity (Wildman–Crippen MR) is 147 cm³/mol. The molecule has 8 nitrogen and oxygen atoms in total. The first kappa shape index (κ1) is 31.0. The molecule has 4 rings (SSSR count). The first-order valence-corrected chi connectivity index (χ1v) is 12.8. The number of aryl methyl sites for hydroxylation is 1. The molecule has 0 aliphatic carbocycles. The van der Waals surface area contributed by atoms with Gasteiger partial charge in [0.25, 0.3) is 5.91 Å². The van der Waals surface area contributed by atoms with Crippen LogP contribution in [0.15, 0.2) is 47.5 Å². The van der Waals surface area contributed by atoms with Crippen molar-refractivity contribution in [2.24, 2.45) is 10.7 Å². The van der Waals surface area contributed by atoms with Crippen LogP contribution >= 0.6 is 0 Å². The number of carbonyl (C=O) groups excluding carboxylic acids is 3. The molecule has 0 unspecified atom stereocenters. The average Bonchev–Trinajstić information content (AvgIpc) is 3.36. The van der Waals surface area contributed by atoms with Gasteiger partial charge in [-0.1, -0.05) is 18.6 Å². The Morgan fingerprint density at radius 2 is 1.62 bits per heavy atom. The van der Waals surface area contributed by atoms with Crippen LogP contribution in [-0.2, 0) is 9.59 Å². The maximum atomic E-state index is 13.0. The van der Waals surface area contributed by atoms with E-state index in [1.807, 2.05) is 17.9 Å². The molecule has 2 heterocycles. The third-order valence-electron chi connectivity index (χ3n) is 6.07. The summed E-state index contributed by atoms with van der Waals surface area (Å²) < 4.78 is 26.1. The van der Waals surface area contributed by atoms with Crippen molar-refractivity contribution in [2.45, 2.75) is 45.4 Å². The Bertz CT molecular complexity index is 1170. The van der Waals surface area contributed by atoms with E-state index in [1.54, 1.807) is 23.1 Å². The molecule has 2 aromatic carbocycles. The second-order valence-corrected chi connectivity index (χ2v) is 9.16. The van der Waals surface area contributed by atoms with Gasteiger partial charge >= 0.3 is 0 Å².